The summed E-state index contributed by atoms with van der Waals surface area (Å²) in [6.07, 6.45) is 2.16. The van der Waals surface area contributed by atoms with E-state index >= 15 is 0 Å². The Morgan fingerprint density at radius 2 is 2.07 bits per heavy atom. The van der Waals surface area contributed by atoms with Gasteiger partial charge in [0.25, 0.3) is 0 Å². The zero-order valence-corrected chi connectivity index (χ0v) is 9.81. The second-order valence-electron chi connectivity index (χ2n) is 3.92. The zero-order valence-electron chi connectivity index (χ0n) is 9.81. The fourth-order valence-corrected chi connectivity index (χ4v) is 1.82. The Morgan fingerprint density at radius 1 is 1.33 bits per heavy atom. The SMILES string of the molecule is CCCNC(CC)c1ccc(F)cc1C. The average Bonchev–Trinajstić information content (AvgIpc) is 2.21. The number of rotatable bonds is 5. The molecule has 0 spiro atoms. The van der Waals surface area contributed by atoms with E-state index in [1.807, 2.05) is 13.0 Å². The summed E-state index contributed by atoms with van der Waals surface area (Å²) in [7, 11) is 0. The van der Waals surface area contributed by atoms with E-state index in [9.17, 15) is 4.39 Å². The minimum atomic E-state index is -0.151. The topological polar surface area (TPSA) is 12.0 Å². The summed E-state index contributed by atoms with van der Waals surface area (Å²) in [6, 6.07) is 5.39. The molecule has 1 aromatic rings. The van der Waals surface area contributed by atoms with Gasteiger partial charge in [-0.2, -0.15) is 0 Å². The summed E-state index contributed by atoms with van der Waals surface area (Å²) < 4.78 is 12.9. The Bertz CT molecular complexity index is 309. The van der Waals surface area contributed by atoms with Crippen molar-refractivity contribution < 1.29 is 4.39 Å². The molecule has 1 rings (SSSR count). The van der Waals surface area contributed by atoms with Crippen molar-refractivity contribution in [3.63, 3.8) is 0 Å². The molecular weight excluding hydrogens is 189 g/mol. The monoisotopic (exact) mass is 209 g/mol. The summed E-state index contributed by atoms with van der Waals surface area (Å²) in [5.74, 6) is -0.151. The summed E-state index contributed by atoms with van der Waals surface area (Å²) >= 11 is 0. The maximum absolute atomic E-state index is 12.9. The first-order valence-electron chi connectivity index (χ1n) is 5.68. The predicted molar refractivity (Wildman–Crippen MR) is 62.5 cm³/mol. The minimum absolute atomic E-state index is 0.151. The van der Waals surface area contributed by atoms with Crippen molar-refractivity contribution in [3.8, 4) is 0 Å². The normalized spacial score (nSPS) is 12.8. The van der Waals surface area contributed by atoms with Crippen molar-refractivity contribution in [2.45, 2.75) is 39.7 Å². The maximum Gasteiger partial charge on any atom is 0.123 e. The molecule has 0 saturated carbocycles. The number of hydrogen-bond acceptors (Lipinski definition) is 1. The van der Waals surface area contributed by atoms with Gasteiger partial charge >= 0.3 is 0 Å². The molecule has 0 saturated heterocycles. The Morgan fingerprint density at radius 3 is 2.60 bits per heavy atom. The number of aryl methyl sites for hydroxylation is 1. The molecule has 84 valence electrons. The highest BCUT2D eigenvalue weighted by Gasteiger charge is 2.10. The molecule has 0 heterocycles. The summed E-state index contributed by atoms with van der Waals surface area (Å²) in [5.41, 5.74) is 2.25. The van der Waals surface area contributed by atoms with E-state index in [1.54, 1.807) is 12.1 Å². The van der Waals surface area contributed by atoms with Crippen molar-refractivity contribution in [2.75, 3.05) is 6.54 Å². The van der Waals surface area contributed by atoms with E-state index in [2.05, 4.69) is 19.2 Å². The first kappa shape index (κ1) is 12.2. The third-order valence-corrected chi connectivity index (χ3v) is 2.66. The molecule has 0 aliphatic heterocycles. The quantitative estimate of drug-likeness (QED) is 0.781. The molecule has 1 nitrogen and oxygen atoms in total. The molecule has 1 N–H and O–H groups in total. The molecule has 1 atom stereocenters. The van der Waals surface area contributed by atoms with Gasteiger partial charge in [-0.25, -0.2) is 4.39 Å². The number of halogens is 1. The van der Waals surface area contributed by atoms with E-state index < -0.39 is 0 Å². The highest BCUT2D eigenvalue weighted by molar-refractivity contribution is 5.29. The molecule has 0 bridgehead atoms. The van der Waals surface area contributed by atoms with Crippen molar-refractivity contribution >= 4 is 0 Å². The fourth-order valence-electron chi connectivity index (χ4n) is 1.82. The second kappa shape index (κ2) is 5.86. The number of hydrogen-bond donors (Lipinski definition) is 1. The third-order valence-electron chi connectivity index (χ3n) is 2.66. The minimum Gasteiger partial charge on any atom is -0.310 e. The lowest BCUT2D eigenvalue weighted by molar-refractivity contribution is 0.514. The van der Waals surface area contributed by atoms with Gasteiger partial charge in [-0.3, -0.25) is 0 Å². The van der Waals surface area contributed by atoms with Crippen LogP contribution in [-0.4, -0.2) is 6.54 Å². The molecule has 0 aromatic heterocycles. The lowest BCUT2D eigenvalue weighted by atomic mass is 9.99. The van der Waals surface area contributed by atoms with Gasteiger partial charge < -0.3 is 5.32 Å². The van der Waals surface area contributed by atoms with Crippen LogP contribution in [0.25, 0.3) is 0 Å². The molecular formula is C13H20FN. The van der Waals surface area contributed by atoms with Crippen LogP contribution in [0.2, 0.25) is 0 Å². The zero-order chi connectivity index (χ0) is 11.3. The van der Waals surface area contributed by atoms with Crippen molar-refractivity contribution in [3.05, 3.63) is 35.1 Å². The van der Waals surface area contributed by atoms with Crippen LogP contribution in [0.3, 0.4) is 0 Å². The molecule has 0 radical (unpaired) electrons. The second-order valence-corrected chi connectivity index (χ2v) is 3.92. The molecule has 0 fully saturated rings. The lowest BCUT2D eigenvalue weighted by Gasteiger charge is -2.19. The van der Waals surface area contributed by atoms with Gasteiger partial charge in [0.05, 0.1) is 0 Å². The highest BCUT2D eigenvalue weighted by atomic mass is 19.1. The first-order valence-corrected chi connectivity index (χ1v) is 5.68. The molecule has 1 unspecified atom stereocenters. The van der Waals surface area contributed by atoms with Gasteiger partial charge in [-0.15, -0.1) is 0 Å². The van der Waals surface area contributed by atoms with Crippen LogP contribution in [0.5, 0.6) is 0 Å². The van der Waals surface area contributed by atoms with Gasteiger partial charge in [-0.05, 0) is 49.6 Å². The summed E-state index contributed by atoms with van der Waals surface area (Å²) in [5, 5.41) is 3.47. The molecule has 15 heavy (non-hydrogen) atoms. The standard InChI is InChI=1S/C13H20FN/c1-4-8-15-13(5-2)12-7-6-11(14)9-10(12)3/h6-7,9,13,15H,4-5,8H2,1-3H3. The average molecular weight is 209 g/mol. The summed E-state index contributed by atoms with van der Waals surface area (Å²) in [6.45, 7) is 7.28. The smallest absolute Gasteiger partial charge is 0.123 e. The number of benzene rings is 1. The van der Waals surface area contributed by atoms with Crippen LogP contribution in [-0.2, 0) is 0 Å². The highest BCUT2D eigenvalue weighted by Crippen LogP contribution is 2.21. The number of nitrogens with one attached hydrogen (secondary N) is 1. The van der Waals surface area contributed by atoms with Crippen LogP contribution in [0.4, 0.5) is 4.39 Å². The van der Waals surface area contributed by atoms with E-state index in [0.29, 0.717) is 6.04 Å². The van der Waals surface area contributed by atoms with Crippen LogP contribution >= 0.6 is 0 Å². The van der Waals surface area contributed by atoms with E-state index in [0.717, 1.165) is 24.9 Å². The van der Waals surface area contributed by atoms with Crippen molar-refractivity contribution in [1.29, 1.82) is 0 Å². The van der Waals surface area contributed by atoms with E-state index in [1.165, 1.54) is 5.56 Å². The van der Waals surface area contributed by atoms with Crippen LogP contribution in [0, 0.1) is 12.7 Å². The molecule has 0 amide bonds. The van der Waals surface area contributed by atoms with Gasteiger partial charge in [0.2, 0.25) is 0 Å². The molecule has 2 heteroatoms. The molecule has 0 aliphatic carbocycles. The van der Waals surface area contributed by atoms with Crippen LogP contribution in [0.15, 0.2) is 18.2 Å². The Balaban J connectivity index is 2.81. The maximum atomic E-state index is 12.9. The van der Waals surface area contributed by atoms with Crippen LogP contribution in [0.1, 0.15) is 43.9 Å². The predicted octanol–water partition coefficient (Wildman–Crippen LogP) is 3.58. The Kier molecular flexibility index (Phi) is 4.76. The van der Waals surface area contributed by atoms with Crippen molar-refractivity contribution in [1.82, 2.24) is 5.32 Å². The Labute approximate surface area is 91.7 Å². The van der Waals surface area contributed by atoms with Gasteiger partial charge in [0, 0.05) is 6.04 Å². The molecule has 0 aliphatic rings. The Hall–Kier alpha value is -0.890. The van der Waals surface area contributed by atoms with Gasteiger partial charge in [-0.1, -0.05) is 19.9 Å². The largest absolute Gasteiger partial charge is 0.310 e. The fraction of sp³-hybridized carbons (Fsp3) is 0.538. The first-order chi connectivity index (χ1) is 7.19. The van der Waals surface area contributed by atoms with Crippen LogP contribution < -0.4 is 5.32 Å². The molecule has 1 aromatic carbocycles. The van der Waals surface area contributed by atoms with Gasteiger partial charge in [0.15, 0.2) is 0 Å². The third kappa shape index (κ3) is 3.31. The van der Waals surface area contributed by atoms with Crippen molar-refractivity contribution in [2.24, 2.45) is 0 Å². The van der Waals surface area contributed by atoms with E-state index in [-0.39, 0.29) is 5.82 Å². The van der Waals surface area contributed by atoms with E-state index in [4.69, 9.17) is 0 Å². The summed E-state index contributed by atoms with van der Waals surface area (Å²) in [4.78, 5) is 0. The lowest BCUT2D eigenvalue weighted by Crippen LogP contribution is -2.22. The van der Waals surface area contributed by atoms with Gasteiger partial charge in [0.1, 0.15) is 5.82 Å².